The van der Waals surface area contributed by atoms with Crippen LogP contribution in [0.1, 0.15) is 0 Å². The molecule has 0 rings (SSSR count). The van der Waals surface area contributed by atoms with Gasteiger partial charge in [0.05, 0.1) is 0 Å². The molecule has 0 aromatic rings. The summed E-state index contributed by atoms with van der Waals surface area (Å²) in [5.74, 6) is 0. The van der Waals surface area contributed by atoms with Crippen molar-refractivity contribution in [2.45, 2.75) is 0 Å². The van der Waals surface area contributed by atoms with Crippen LogP contribution >= 0.6 is 0 Å². The van der Waals surface area contributed by atoms with E-state index in [0.717, 1.165) is 0 Å². The predicted molar refractivity (Wildman–Crippen MR) is 35.3 cm³/mol. The van der Waals surface area contributed by atoms with E-state index < -0.39 is 7.32 Å². The van der Waals surface area contributed by atoms with E-state index in [4.69, 9.17) is 15.1 Å². The summed E-state index contributed by atoms with van der Waals surface area (Å²) >= 11 is 0. The Hall–Kier alpha value is 2.12. The fourth-order valence-electron chi connectivity index (χ4n) is 0. The number of rotatable bonds is 0. The maximum atomic E-state index is 7.17. The van der Waals surface area contributed by atoms with Crippen LogP contribution in [-0.2, 0) is 0 Å². The zero-order valence-electron chi connectivity index (χ0n) is 2.92. The third-order valence-electron chi connectivity index (χ3n) is 0. The standard InChI is InChI=1S/BH3O3.Ca.Na.2H2O.3H/c2-1(3)4;;;;;;;/h2-4H;;;2*1H2;;;. The molecule has 0 unspecified atom stereocenters. The summed E-state index contributed by atoms with van der Waals surface area (Å²) in [5.41, 5.74) is 0. The van der Waals surface area contributed by atoms with Gasteiger partial charge in [-0.05, 0) is 0 Å². The minimum atomic E-state index is -2.17. The SMILES string of the molecule is O.O.OB(O)O.[CaH2].[NaH]. The van der Waals surface area contributed by atoms with Crippen LogP contribution in [0.5, 0.6) is 0 Å². The van der Waals surface area contributed by atoms with Gasteiger partial charge >= 0.3 is 74.6 Å². The summed E-state index contributed by atoms with van der Waals surface area (Å²) in [5, 5.41) is 21.5. The fraction of sp³-hybridized carbons (Fsp3) is 0. The van der Waals surface area contributed by atoms with Crippen molar-refractivity contribution >= 4 is 74.6 Å². The molecule has 0 bridgehead atoms. The Bertz CT molecular complexity index is 17.1. The summed E-state index contributed by atoms with van der Waals surface area (Å²) < 4.78 is 0. The van der Waals surface area contributed by atoms with E-state index in [-0.39, 0.29) is 78.2 Å². The van der Waals surface area contributed by atoms with Gasteiger partial charge in [0.1, 0.15) is 0 Å². The quantitative estimate of drug-likeness (QED) is 0.309. The van der Waals surface area contributed by atoms with Crippen molar-refractivity contribution in [1.29, 1.82) is 0 Å². The molecule has 0 saturated heterocycles. The molecular weight excluding hydrogens is 154 g/mol. The molecule has 0 aromatic heterocycles. The van der Waals surface area contributed by atoms with E-state index in [1.807, 2.05) is 0 Å². The van der Waals surface area contributed by atoms with Crippen molar-refractivity contribution in [2.75, 3.05) is 0 Å². The number of hydrogen-bond donors (Lipinski definition) is 3. The van der Waals surface area contributed by atoms with Crippen LogP contribution in [0.15, 0.2) is 0 Å². The van der Waals surface area contributed by atoms with Gasteiger partial charge in [0, 0.05) is 0 Å². The predicted octanol–water partition coefficient (Wildman–Crippen LogP) is -5.27. The molecule has 0 aliphatic rings. The van der Waals surface area contributed by atoms with Crippen LogP contribution in [-0.4, -0.2) is 101 Å². The molecule has 0 aliphatic heterocycles. The molecule has 0 fully saturated rings. The van der Waals surface area contributed by atoms with Crippen molar-refractivity contribution in [3.8, 4) is 0 Å². The Morgan fingerprint density at radius 3 is 0.875 bits per heavy atom. The molecule has 0 aliphatic carbocycles. The molecule has 8 heavy (non-hydrogen) atoms. The molecule has 5 nitrogen and oxygen atoms in total. The summed E-state index contributed by atoms with van der Waals surface area (Å²) in [6, 6.07) is 0. The van der Waals surface area contributed by atoms with Crippen molar-refractivity contribution in [3.63, 3.8) is 0 Å². The Labute approximate surface area is 99.2 Å². The first-order valence-electron chi connectivity index (χ1n) is 0.775. The van der Waals surface area contributed by atoms with Crippen LogP contribution in [0.4, 0.5) is 0 Å². The maximum absolute atomic E-state index is 7.17. The second-order valence-electron chi connectivity index (χ2n) is 0.346. The Morgan fingerprint density at radius 2 is 0.875 bits per heavy atom. The summed E-state index contributed by atoms with van der Waals surface area (Å²) in [7, 11) is -2.17. The van der Waals surface area contributed by atoms with Gasteiger partial charge in [0.2, 0.25) is 0 Å². The van der Waals surface area contributed by atoms with Crippen LogP contribution in [0.2, 0.25) is 0 Å². The topological polar surface area (TPSA) is 124 Å². The van der Waals surface area contributed by atoms with Gasteiger partial charge in [-0.2, -0.15) is 0 Å². The Morgan fingerprint density at radius 1 is 0.875 bits per heavy atom. The third-order valence-corrected chi connectivity index (χ3v) is 0. The summed E-state index contributed by atoms with van der Waals surface area (Å²) in [6.45, 7) is 0. The van der Waals surface area contributed by atoms with E-state index >= 15 is 0 Å². The van der Waals surface area contributed by atoms with E-state index in [2.05, 4.69) is 0 Å². The first-order valence-corrected chi connectivity index (χ1v) is 0.775. The molecule has 0 spiro atoms. The van der Waals surface area contributed by atoms with Gasteiger partial charge < -0.3 is 26.0 Å². The van der Waals surface area contributed by atoms with Crippen molar-refractivity contribution in [1.82, 2.24) is 0 Å². The van der Waals surface area contributed by atoms with Gasteiger partial charge in [0.25, 0.3) is 0 Å². The van der Waals surface area contributed by atoms with E-state index in [1.165, 1.54) is 0 Å². The zero-order chi connectivity index (χ0) is 3.58. The molecular formula is H10BCaNaO5. The average Bonchev–Trinajstić information content (AvgIpc) is 0.811. The second kappa shape index (κ2) is 22.9. The molecule has 0 aromatic carbocycles. The van der Waals surface area contributed by atoms with Gasteiger partial charge in [-0.15, -0.1) is 0 Å². The molecule has 0 saturated carbocycles. The van der Waals surface area contributed by atoms with Crippen molar-refractivity contribution < 1.29 is 26.0 Å². The summed E-state index contributed by atoms with van der Waals surface area (Å²) in [6.07, 6.45) is 0. The fourth-order valence-corrected chi connectivity index (χ4v) is 0. The molecule has 7 N–H and O–H groups in total. The molecule has 0 radical (unpaired) electrons. The van der Waals surface area contributed by atoms with Gasteiger partial charge in [0.15, 0.2) is 0 Å². The third kappa shape index (κ3) is 91.4. The first-order chi connectivity index (χ1) is 1.73. The van der Waals surface area contributed by atoms with Gasteiger partial charge in [-0.25, -0.2) is 0 Å². The van der Waals surface area contributed by atoms with Crippen molar-refractivity contribution in [2.24, 2.45) is 0 Å². The van der Waals surface area contributed by atoms with Gasteiger partial charge in [-0.1, -0.05) is 0 Å². The molecule has 46 valence electrons. The minimum absolute atomic E-state index is 0. The second-order valence-corrected chi connectivity index (χ2v) is 0.346. The summed E-state index contributed by atoms with van der Waals surface area (Å²) in [4.78, 5) is 0. The molecule has 0 amide bonds. The van der Waals surface area contributed by atoms with Gasteiger partial charge in [-0.3, -0.25) is 0 Å². The average molecular weight is 164 g/mol. The van der Waals surface area contributed by atoms with E-state index in [9.17, 15) is 0 Å². The van der Waals surface area contributed by atoms with Crippen LogP contribution in [0.3, 0.4) is 0 Å². The van der Waals surface area contributed by atoms with Crippen molar-refractivity contribution in [3.05, 3.63) is 0 Å². The molecule has 0 heterocycles. The van der Waals surface area contributed by atoms with E-state index in [1.54, 1.807) is 0 Å². The Kier molecular flexibility index (Phi) is 92.0. The van der Waals surface area contributed by atoms with E-state index in [0.29, 0.717) is 0 Å². The Balaban J connectivity index is -0.00000000750. The monoisotopic (exact) mass is 164 g/mol. The molecule has 0 atom stereocenters. The van der Waals surface area contributed by atoms with Crippen LogP contribution in [0, 0.1) is 0 Å². The molecule has 8 heteroatoms. The normalized spacial score (nSPS) is 3.38. The zero-order valence-corrected chi connectivity index (χ0v) is 2.92. The first kappa shape index (κ1) is 32.1. The van der Waals surface area contributed by atoms with Crippen LogP contribution in [0.25, 0.3) is 0 Å². The number of hydrogen-bond acceptors (Lipinski definition) is 3. The van der Waals surface area contributed by atoms with Crippen LogP contribution < -0.4 is 0 Å².